The van der Waals surface area contributed by atoms with Crippen molar-refractivity contribution in [3.05, 3.63) is 71.6 Å². The number of hydrogen-bond acceptors (Lipinski definition) is 4. The first-order valence-electron chi connectivity index (χ1n) is 13.9. The molecule has 7 heteroatoms. The van der Waals surface area contributed by atoms with Gasteiger partial charge >= 0.3 is 51.4 Å². The molecule has 2 unspecified atom stereocenters. The summed E-state index contributed by atoms with van der Waals surface area (Å²) in [5.41, 5.74) is 5.85. The number of hydrogen-bond donors (Lipinski definition) is 3. The minimum Gasteiger partial charge on any atom is -0.660 e. The fourth-order valence-corrected chi connectivity index (χ4v) is 4.71. The number of nitrogens with one attached hydrogen (secondary N) is 3. The van der Waals surface area contributed by atoms with Crippen molar-refractivity contribution in [1.29, 1.82) is 5.41 Å². The Kier molecular flexibility index (Phi) is 17.9. The zero-order chi connectivity index (χ0) is 28.9. The first-order valence-corrected chi connectivity index (χ1v) is 13.9. The molecule has 0 saturated carbocycles. The van der Waals surface area contributed by atoms with Gasteiger partial charge in [0.25, 0.3) is 0 Å². The SMILES string of the molecule is C=Cc1cc(C(=N)/C=C\c2ncc(C)[nH]2)cnc1-c1ccc(C)[n-]1.CC.CC.CC1CC(C)NC(C)(C)C1.[K+]. The molecule has 0 aromatic carbocycles. The number of rotatable bonds is 5. The molecule has 3 aromatic heterocycles. The van der Waals surface area contributed by atoms with Gasteiger partial charge in [-0.15, -0.1) is 5.69 Å². The maximum absolute atomic E-state index is 8.22. The van der Waals surface area contributed by atoms with Gasteiger partial charge in [0.2, 0.25) is 0 Å². The van der Waals surface area contributed by atoms with Crippen LogP contribution in [-0.2, 0) is 0 Å². The monoisotopic (exact) mass is 556 g/mol. The minimum atomic E-state index is 0. The van der Waals surface area contributed by atoms with Crippen LogP contribution in [0.15, 0.2) is 43.2 Å². The van der Waals surface area contributed by atoms with Crippen molar-refractivity contribution in [2.45, 2.75) is 93.7 Å². The van der Waals surface area contributed by atoms with Gasteiger partial charge in [-0.05, 0) is 70.2 Å². The molecule has 0 aliphatic carbocycles. The number of nitrogens with zero attached hydrogens (tertiary/aromatic N) is 3. The predicted molar refractivity (Wildman–Crippen MR) is 165 cm³/mol. The minimum absolute atomic E-state index is 0. The first-order chi connectivity index (χ1) is 18.1. The molecular formula is C32H49KN6. The molecule has 4 rings (SSSR count). The van der Waals surface area contributed by atoms with E-state index in [1.54, 1.807) is 30.6 Å². The van der Waals surface area contributed by atoms with Gasteiger partial charge in [0.05, 0.1) is 11.4 Å². The normalized spacial score (nSPS) is 17.3. The van der Waals surface area contributed by atoms with Crippen LogP contribution in [0.4, 0.5) is 0 Å². The van der Waals surface area contributed by atoms with Crippen LogP contribution in [0.1, 0.15) is 96.6 Å². The summed E-state index contributed by atoms with van der Waals surface area (Å²) in [4.78, 5) is 16.2. The Morgan fingerprint density at radius 2 is 1.77 bits per heavy atom. The fraction of sp³-hybridized carbons (Fsp3) is 0.469. The van der Waals surface area contributed by atoms with Gasteiger partial charge in [-0.1, -0.05) is 66.3 Å². The van der Waals surface area contributed by atoms with Gasteiger partial charge in [0.15, 0.2) is 0 Å². The van der Waals surface area contributed by atoms with Crippen LogP contribution in [0, 0.1) is 25.2 Å². The topological polar surface area (TPSA) is 91.6 Å². The Balaban J connectivity index is 0.000000810. The van der Waals surface area contributed by atoms with Crippen molar-refractivity contribution in [1.82, 2.24) is 25.3 Å². The molecule has 4 heterocycles. The quantitative estimate of drug-likeness (QED) is 0.305. The van der Waals surface area contributed by atoms with Gasteiger partial charge < -0.3 is 20.7 Å². The van der Waals surface area contributed by atoms with E-state index in [1.807, 2.05) is 59.7 Å². The standard InChI is InChI=1S/C19H18N5.C9H19N.2C2H6.K/c1-4-14-9-15(11-22-19(14)17-7-5-12(2)23-17)16(20)6-8-18-21-10-13(3)24-18;1-7-5-8(2)10-9(3,4)6-7;2*1-2;/h4-11,20H,1H2,2-3H3,(H,21,24);7-8,10H,5-6H2,1-4H3;2*1-2H3;/q-1;;;;+1/b8-6-,20-16?;;;;. The van der Waals surface area contributed by atoms with Gasteiger partial charge in [-0.25, -0.2) is 4.98 Å². The molecular weight excluding hydrogens is 507 g/mol. The molecule has 1 fully saturated rings. The summed E-state index contributed by atoms with van der Waals surface area (Å²) in [5, 5.41) is 11.8. The molecule has 2 atom stereocenters. The summed E-state index contributed by atoms with van der Waals surface area (Å²) >= 11 is 0. The van der Waals surface area contributed by atoms with E-state index in [9.17, 15) is 0 Å². The largest absolute Gasteiger partial charge is 1.00 e. The van der Waals surface area contributed by atoms with Crippen LogP contribution < -0.4 is 61.7 Å². The van der Waals surface area contributed by atoms with E-state index in [0.29, 0.717) is 17.3 Å². The van der Waals surface area contributed by atoms with E-state index in [4.69, 9.17) is 5.41 Å². The third-order valence-corrected chi connectivity index (χ3v) is 5.85. The van der Waals surface area contributed by atoms with Crippen LogP contribution in [0.25, 0.3) is 23.5 Å². The second kappa shape index (κ2) is 18.7. The number of aromatic nitrogens is 4. The Labute approximate surface area is 279 Å². The van der Waals surface area contributed by atoms with Crippen molar-refractivity contribution >= 4 is 17.9 Å². The Morgan fingerprint density at radius 3 is 2.26 bits per heavy atom. The average Bonchev–Trinajstić information content (AvgIpc) is 3.51. The number of allylic oxidation sites excluding steroid dienone is 1. The van der Waals surface area contributed by atoms with E-state index < -0.39 is 0 Å². The molecule has 0 spiro atoms. The van der Waals surface area contributed by atoms with E-state index in [1.165, 1.54) is 12.8 Å². The molecule has 208 valence electrons. The summed E-state index contributed by atoms with van der Waals surface area (Å²) in [6, 6.07) is 6.50. The number of H-pyrrole nitrogens is 1. The van der Waals surface area contributed by atoms with Gasteiger partial charge in [0, 0.05) is 35.2 Å². The molecule has 0 radical (unpaired) electrons. The predicted octanol–water partition coefficient (Wildman–Crippen LogP) is 5.00. The summed E-state index contributed by atoms with van der Waals surface area (Å²) in [5.74, 6) is 1.62. The van der Waals surface area contributed by atoms with Crippen LogP contribution in [0.5, 0.6) is 0 Å². The third-order valence-electron chi connectivity index (χ3n) is 5.85. The average molecular weight is 557 g/mol. The summed E-state index contributed by atoms with van der Waals surface area (Å²) in [6.07, 6.45) is 11.3. The Hall–Kier alpha value is -1.61. The molecule has 1 saturated heterocycles. The van der Waals surface area contributed by atoms with Crippen molar-refractivity contribution < 1.29 is 51.4 Å². The summed E-state index contributed by atoms with van der Waals surface area (Å²) in [6.45, 7) is 24.9. The zero-order valence-electron chi connectivity index (χ0n) is 26.2. The molecule has 39 heavy (non-hydrogen) atoms. The van der Waals surface area contributed by atoms with Crippen molar-refractivity contribution in [3.63, 3.8) is 0 Å². The number of pyridine rings is 1. The molecule has 1 aliphatic heterocycles. The molecule has 3 N–H and O–H groups in total. The Bertz CT molecular complexity index is 1160. The third kappa shape index (κ3) is 12.6. The van der Waals surface area contributed by atoms with Crippen LogP contribution >= 0.6 is 0 Å². The van der Waals surface area contributed by atoms with E-state index in [-0.39, 0.29) is 51.4 Å². The maximum atomic E-state index is 8.22. The molecule has 0 bridgehead atoms. The Morgan fingerprint density at radius 1 is 1.10 bits per heavy atom. The first kappa shape index (κ1) is 37.4. The number of aromatic amines is 1. The maximum Gasteiger partial charge on any atom is 1.00 e. The van der Waals surface area contributed by atoms with Crippen molar-refractivity contribution in [2.75, 3.05) is 0 Å². The van der Waals surface area contributed by atoms with Gasteiger partial charge in [0.1, 0.15) is 5.82 Å². The number of aryl methyl sites for hydroxylation is 2. The van der Waals surface area contributed by atoms with Crippen LogP contribution in [0.3, 0.4) is 0 Å². The molecule has 6 nitrogen and oxygen atoms in total. The molecule has 1 aliphatic rings. The number of imidazole rings is 1. The fourth-order valence-electron chi connectivity index (χ4n) is 4.71. The van der Waals surface area contributed by atoms with Crippen LogP contribution in [0.2, 0.25) is 0 Å². The zero-order valence-corrected chi connectivity index (χ0v) is 29.4. The smallest absolute Gasteiger partial charge is 0.660 e. The second-order valence-electron chi connectivity index (χ2n) is 10.0. The van der Waals surface area contributed by atoms with Crippen molar-refractivity contribution in [2.24, 2.45) is 5.92 Å². The summed E-state index contributed by atoms with van der Waals surface area (Å²) in [7, 11) is 0. The van der Waals surface area contributed by atoms with Crippen LogP contribution in [-0.4, -0.2) is 32.2 Å². The van der Waals surface area contributed by atoms with E-state index >= 15 is 0 Å². The summed E-state index contributed by atoms with van der Waals surface area (Å²) < 4.78 is 0. The van der Waals surface area contributed by atoms with Gasteiger partial charge in [-0.2, -0.15) is 5.69 Å². The number of piperidine rings is 1. The second-order valence-corrected chi connectivity index (χ2v) is 10.0. The van der Waals surface area contributed by atoms with E-state index in [2.05, 4.69) is 59.5 Å². The molecule has 0 amide bonds. The van der Waals surface area contributed by atoms with E-state index in [0.717, 1.165) is 45.6 Å². The van der Waals surface area contributed by atoms with Gasteiger partial charge in [-0.3, -0.25) is 4.98 Å². The molecule has 3 aromatic rings. The van der Waals surface area contributed by atoms with Crippen molar-refractivity contribution in [3.8, 4) is 11.4 Å².